The molecule has 0 fully saturated rings. The molecule has 0 unspecified atom stereocenters. The fourth-order valence-corrected chi connectivity index (χ4v) is 5.83. The first-order chi connectivity index (χ1) is 28.7. The molecule has 1 atom stereocenters. The molecule has 0 saturated carbocycles. The average molecular weight is 805 g/mol. The number of unbranched alkanes of at least 4 members (excludes halogenated alkanes) is 8. The number of benzene rings is 4. The van der Waals surface area contributed by atoms with E-state index in [-0.39, 0.29) is 18.8 Å². The first-order valence-corrected chi connectivity index (χ1v) is 20.5. The predicted molar refractivity (Wildman–Crippen MR) is 228 cm³/mol. The van der Waals surface area contributed by atoms with Gasteiger partial charge in [-0.3, -0.25) is 9.59 Å². The lowest BCUT2D eigenvalue weighted by molar-refractivity contribution is -0.137. The molecule has 0 N–H and O–H groups in total. The van der Waals surface area contributed by atoms with E-state index in [9.17, 15) is 19.2 Å². The van der Waals surface area contributed by atoms with Crippen LogP contribution in [0.4, 0.5) is 0 Å². The van der Waals surface area contributed by atoms with E-state index in [2.05, 4.69) is 13.2 Å². The van der Waals surface area contributed by atoms with Crippen LogP contribution >= 0.6 is 0 Å². The monoisotopic (exact) mass is 804 g/mol. The van der Waals surface area contributed by atoms with E-state index in [0.717, 1.165) is 64.2 Å². The van der Waals surface area contributed by atoms with Crippen LogP contribution in [-0.4, -0.2) is 37.1 Å². The Morgan fingerprint density at radius 3 is 1.24 bits per heavy atom. The molecule has 0 aliphatic rings. The van der Waals surface area contributed by atoms with Gasteiger partial charge < -0.3 is 28.4 Å². The summed E-state index contributed by atoms with van der Waals surface area (Å²) < 4.78 is 33.4. The zero-order chi connectivity index (χ0) is 42.1. The van der Waals surface area contributed by atoms with Gasteiger partial charge in [-0.05, 0) is 148 Å². The number of ether oxygens (including phenoxy) is 6. The van der Waals surface area contributed by atoms with Crippen LogP contribution in [0.1, 0.15) is 111 Å². The minimum atomic E-state index is -0.519. The summed E-state index contributed by atoms with van der Waals surface area (Å²) >= 11 is 0. The zero-order valence-electron chi connectivity index (χ0n) is 34.1. The Balaban J connectivity index is 1.09. The van der Waals surface area contributed by atoms with Crippen LogP contribution < -0.4 is 28.4 Å². The summed E-state index contributed by atoms with van der Waals surface area (Å²) in [6.45, 7) is 10.6. The summed E-state index contributed by atoms with van der Waals surface area (Å²) in [5.74, 6) is 0.493. The highest BCUT2D eigenvalue weighted by Crippen LogP contribution is 2.23. The Labute approximate surface area is 348 Å². The molecule has 0 radical (unpaired) electrons. The molecule has 4 aromatic rings. The summed E-state index contributed by atoms with van der Waals surface area (Å²) in [6, 6.07) is 26.0. The van der Waals surface area contributed by atoms with Crippen molar-refractivity contribution in [1.29, 1.82) is 0 Å². The Bertz CT molecular complexity index is 1900. The van der Waals surface area contributed by atoms with Gasteiger partial charge in [0.15, 0.2) is 0 Å². The van der Waals surface area contributed by atoms with Crippen molar-refractivity contribution < 1.29 is 47.6 Å². The summed E-state index contributed by atoms with van der Waals surface area (Å²) in [5, 5.41) is 0. The topological polar surface area (TPSA) is 124 Å². The van der Waals surface area contributed by atoms with Crippen molar-refractivity contribution in [2.24, 2.45) is 5.92 Å². The third-order valence-corrected chi connectivity index (χ3v) is 9.21. The first-order valence-electron chi connectivity index (χ1n) is 20.5. The van der Waals surface area contributed by atoms with Crippen LogP contribution in [0.3, 0.4) is 0 Å². The Hall–Kier alpha value is -6.16. The van der Waals surface area contributed by atoms with Crippen LogP contribution in [0.2, 0.25) is 0 Å². The minimum Gasteiger partial charge on any atom is -0.494 e. The van der Waals surface area contributed by atoms with Gasteiger partial charge in [-0.1, -0.05) is 44.8 Å². The lowest BCUT2D eigenvalue weighted by atomic mass is 10.0. The second-order valence-electron chi connectivity index (χ2n) is 14.2. The Kier molecular flexibility index (Phi) is 20.0. The van der Waals surface area contributed by atoms with Gasteiger partial charge in [-0.25, -0.2) is 9.59 Å². The fourth-order valence-electron chi connectivity index (χ4n) is 5.83. The first kappa shape index (κ1) is 45.5. The number of carbonyl (C=O) groups is 4. The maximum Gasteiger partial charge on any atom is 0.343 e. The normalized spacial score (nSPS) is 11.1. The van der Waals surface area contributed by atoms with Gasteiger partial charge in [0.25, 0.3) is 0 Å². The van der Waals surface area contributed by atoms with Gasteiger partial charge in [-0.15, -0.1) is 13.2 Å². The summed E-state index contributed by atoms with van der Waals surface area (Å²) in [6.07, 6.45) is 15.3. The molecule has 0 heterocycles. The molecule has 0 aliphatic heterocycles. The summed E-state index contributed by atoms with van der Waals surface area (Å²) in [5.41, 5.74) is 0.763. The molecule has 0 saturated heterocycles. The van der Waals surface area contributed by atoms with Crippen molar-refractivity contribution in [3.8, 4) is 34.5 Å². The van der Waals surface area contributed by atoms with Gasteiger partial charge in [-0.2, -0.15) is 0 Å². The Morgan fingerprint density at radius 1 is 0.475 bits per heavy atom. The van der Waals surface area contributed by atoms with E-state index in [1.54, 1.807) is 97.1 Å². The lowest BCUT2D eigenvalue weighted by Gasteiger charge is -2.11. The molecule has 0 bridgehead atoms. The quantitative estimate of drug-likeness (QED) is 0.0249. The second-order valence-corrected chi connectivity index (χ2v) is 14.2. The lowest BCUT2D eigenvalue weighted by Crippen LogP contribution is -2.15. The van der Waals surface area contributed by atoms with E-state index in [0.29, 0.717) is 65.3 Å². The molecule has 59 heavy (non-hydrogen) atoms. The number of allylic oxidation sites excluding steroid dienone is 2. The maximum atomic E-state index is 12.6. The molecule has 0 amide bonds. The minimum absolute atomic E-state index is 0.0893. The van der Waals surface area contributed by atoms with Crippen LogP contribution in [0.25, 0.3) is 0 Å². The smallest absolute Gasteiger partial charge is 0.343 e. The van der Waals surface area contributed by atoms with E-state index >= 15 is 0 Å². The van der Waals surface area contributed by atoms with Crippen LogP contribution in [0.5, 0.6) is 34.5 Å². The number of hydrogen-bond acceptors (Lipinski definition) is 10. The molecule has 0 spiro atoms. The highest BCUT2D eigenvalue weighted by molar-refractivity contribution is 5.91. The van der Waals surface area contributed by atoms with E-state index < -0.39 is 23.9 Å². The van der Waals surface area contributed by atoms with Crippen LogP contribution in [0, 0.1) is 5.92 Å². The van der Waals surface area contributed by atoms with Gasteiger partial charge in [0.1, 0.15) is 34.5 Å². The van der Waals surface area contributed by atoms with Crippen molar-refractivity contribution in [1.82, 2.24) is 0 Å². The van der Waals surface area contributed by atoms with Crippen molar-refractivity contribution in [3.05, 3.63) is 133 Å². The predicted octanol–water partition coefficient (Wildman–Crippen LogP) is 11.5. The molecule has 10 heteroatoms. The fraction of sp³-hybridized carbons (Fsp3) is 0.347. The molecule has 10 nitrogen and oxygen atoms in total. The van der Waals surface area contributed by atoms with Gasteiger partial charge in [0.05, 0.1) is 24.3 Å². The van der Waals surface area contributed by atoms with Gasteiger partial charge in [0.2, 0.25) is 0 Å². The van der Waals surface area contributed by atoms with Crippen LogP contribution in [-0.2, 0) is 9.59 Å². The third-order valence-electron chi connectivity index (χ3n) is 9.21. The van der Waals surface area contributed by atoms with E-state index in [1.807, 2.05) is 19.1 Å². The number of rotatable bonds is 27. The maximum absolute atomic E-state index is 12.6. The molecule has 0 aliphatic carbocycles. The molecule has 0 aromatic heterocycles. The van der Waals surface area contributed by atoms with Crippen molar-refractivity contribution in [2.75, 3.05) is 13.2 Å². The second kappa shape index (κ2) is 26.0. The third kappa shape index (κ3) is 17.9. The van der Waals surface area contributed by atoms with Crippen molar-refractivity contribution in [3.63, 3.8) is 0 Å². The standard InChI is InChI=1S/C49H56O10/c1-4-6-8-10-12-14-34-54-40-21-17-38(18-22-40)48(52)58-44-29-25-42(26-30-44)56-46(50)33-16-37(3)36-47(51)57-43-27-31-45(32-28-43)59-49(53)39-19-23-41(24-20-39)55-35-15-13-11-9-7-5-2/h4-5,17-32,37H,1-2,6-16,33-36H2,3H3/t37-/m0/s1. The summed E-state index contributed by atoms with van der Waals surface area (Å²) in [4.78, 5) is 50.4. The van der Waals surface area contributed by atoms with E-state index in [1.165, 1.54) is 0 Å². The largest absolute Gasteiger partial charge is 0.494 e. The summed E-state index contributed by atoms with van der Waals surface area (Å²) in [7, 11) is 0. The number of carbonyl (C=O) groups excluding carboxylic acids is 4. The SMILES string of the molecule is C=CCCCCCCOc1ccc(C(=O)Oc2ccc(OC(=O)CC[C@H](C)CC(=O)Oc3ccc(OC(=O)c4ccc(OCCCCCCC=C)cc4)cc3)cc2)cc1. The molecule has 4 rings (SSSR count). The Morgan fingerprint density at radius 2 is 0.831 bits per heavy atom. The average Bonchev–Trinajstić information content (AvgIpc) is 3.24. The van der Waals surface area contributed by atoms with Gasteiger partial charge >= 0.3 is 23.9 Å². The molecule has 312 valence electrons. The zero-order valence-corrected chi connectivity index (χ0v) is 34.1. The number of esters is 4. The molecule has 4 aromatic carbocycles. The molecular formula is C49H56O10. The highest BCUT2D eigenvalue weighted by Gasteiger charge is 2.16. The molecular weight excluding hydrogens is 749 g/mol. The van der Waals surface area contributed by atoms with Crippen molar-refractivity contribution in [2.45, 2.75) is 90.4 Å². The number of hydrogen-bond donors (Lipinski definition) is 0. The highest BCUT2D eigenvalue weighted by atomic mass is 16.5. The van der Waals surface area contributed by atoms with Crippen LogP contribution in [0.15, 0.2) is 122 Å². The van der Waals surface area contributed by atoms with Crippen molar-refractivity contribution >= 4 is 23.9 Å². The van der Waals surface area contributed by atoms with Gasteiger partial charge in [0, 0.05) is 12.8 Å². The van der Waals surface area contributed by atoms with E-state index in [4.69, 9.17) is 28.4 Å².